The predicted octanol–water partition coefficient (Wildman–Crippen LogP) is -4.26. The second kappa shape index (κ2) is 10.2. The first-order valence-corrected chi connectivity index (χ1v) is 4.26. The van der Waals surface area contributed by atoms with E-state index in [9.17, 15) is 9.90 Å². The van der Waals surface area contributed by atoms with Crippen LogP contribution in [0.5, 0.6) is 0 Å². The first kappa shape index (κ1) is 18.4. The van der Waals surface area contributed by atoms with E-state index in [2.05, 4.69) is 10.3 Å². The van der Waals surface area contributed by atoms with E-state index in [-0.39, 0.29) is 71.0 Å². The summed E-state index contributed by atoms with van der Waals surface area (Å²) in [5.74, 6) is -1.24. The Morgan fingerprint density at radius 3 is 1.75 bits per heavy atom. The number of carboxylic acid groups (broad SMARTS) is 1. The minimum atomic E-state index is -1.24. The molecule has 0 aliphatic carbocycles. The summed E-state index contributed by atoms with van der Waals surface area (Å²) in [5, 5.41) is 33.1. The molecule has 0 aromatic carbocycles. The van der Waals surface area contributed by atoms with Gasteiger partial charge in [0.2, 0.25) is 0 Å². The quantitative estimate of drug-likeness (QED) is 0.216. The Morgan fingerprint density at radius 2 is 1.50 bits per heavy atom. The van der Waals surface area contributed by atoms with Gasteiger partial charge < -0.3 is 20.3 Å². The summed E-state index contributed by atoms with van der Waals surface area (Å²) >= 11 is 0. The van der Waals surface area contributed by atoms with Gasteiger partial charge in [-0.2, -0.15) is 0 Å². The van der Waals surface area contributed by atoms with E-state index >= 15 is 0 Å². The topological polar surface area (TPSA) is 109 Å². The molecule has 2 N–H and O–H groups in total. The smallest absolute Gasteiger partial charge is 0.549 e. The van der Waals surface area contributed by atoms with Crippen molar-refractivity contribution >= 4 is 17.4 Å². The number of oxime groups is 2. The van der Waals surface area contributed by atoms with Gasteiger partial charge >= 0.3 is 51.4 Å². The van der Waals surface area contributed by atoms with Crippen LogP contribution >= 0.6 is 0 Å². The van der Waals surface area contributed by atoms with Crippen molar-refractivity contribution in [3.63, 3.8) is 0 Å². The number of rotatable bonds is 6. The predicted molar refractivity (Wildman–Crippen MR) is 51.2 cm³/mol. The minimum Gasteiger partial charge on any atom is -0.549 e. The average molecular weight is 255 g/mol. The Labute approximate surface area is 136 Å². The number of hydrogen-bond donors (Lipinski definition) is 2. The number of carbonyl (C=O) groups excluding carboxylic acids is 1. The molecule has 0 spiro atoms. The van der Waals surface area contributed by atoms with E-state index in [0.717, 1.165) is 0 Å². The number of carbonyl (C=O) groups is 1. The molecule has 0 aliphatic rings. The van der Waals surface area contributed by atoms with Gasteiger partial charge in [0.15, 0.2) is 0 Å². The van der Waals surface area contributed by atoms with Crippen LogP contribution in [0.15, 0.2) is 10.3 Å². The maximum absolute atomic E-state index is 10.4. The summed E-state index contributed by atoms with van der Waals surface area (Å²) in [6.07, 6.45) is 0. The van der Waals surface area contributed by atoms with Gasteiger partial charge in [-0.1, -0.05) is 10.3 Å². The van der Waals surface area contributed by atoms with E-state index < -0.39 is 5.97 Å². The van der Waals surface area contributed by atoms with Crippen molar-refractivity contribution in [2.75, 3.05) is 19.6 Å². The molecule has 0 fully saturated rings. The molecule has 0 aliphatic heterocycles. The summed E-state index contributed by atoms with van der Waals surface area (Å²) in [6, 6.07) is 0. The van der Waals surface area contributed by atoms with Crippen LogP contribution in [0.2, 0.25) is 0 Å². The van der Waals surface area contributed by atoms with Crippen LogP contribution in [0.4, 0.5) is 0 Å². The number of hydrogen-bond acceptors (Lipinski definition) is 7. The fourth-order valence-corrected chi connectivity index (χ4v) is 1.06. The maximum Gasteiger partial charge on any atom is 1.00 e. The molecular weight excluding hydrogens is 241 g/mol. The van der Waals surface area contributed by atoms with Crippen LogP contribution < -0.4 is 56.5 Å². The van der Waals surface area contributed by atoms with Crippen LogP contribution in [0, 0.1) is 0 Å². The third-order valence-electron chi connectivity index (χ3n) is 1.60. The maximum atomic E-state index is 10.4. The zero-order valence-electron chi connectivity index (χ0n) is 9.67. The Bertz CT molecular complexity index is 260. The Hall–Kier alpha value is 0.00636. The number of carboxylic acids is 1. The number of aliphatic carboxylic acids is 1. The van der Waals surface area contributed by atoms with Gasteiger partial charge in [0, 0.05) is 19.6 Å². The van der Waals surface area contributed by atoms with Crippen molar-refractivity contribution in [2.24, 2.45) is 10.3 Å². The normalized spacial score (nSPS) is 12.4. The molecule has 16 heavy (non-hydrogen) atoms. The van der Waals surface area contributed by atoms with Gasteiger partial charge in [-0.3, -0.25) is 4.90 Å². The fourth-order valence-electron chi connectivity index (χ4n) is 1.06. The molecule has 7 nitrogen and oxygen atoms in total. The molecule has 0 amide bonds. The van der Waals surface area contributed by atoms with E-state index in [1.807, 2.05) is 0 Å². The van der Waals surface area contributed by atoms with Crippen molar-refractivity contribution in [2.45, 2.75) is 13.8 Å². The van der Waals surface area contributed by atoms with E-state index in [0.29, 0.717) is 11.4 Å². The van der Waals surface area contributed by atoms with Gasteiger partial charge in [0.25, 0.3) is 0 Å². The number of nitrogens with zero attached hydrogens (tertiary/aromatic N) is 3. The molecule has 0 aromatic heterocycles. The molecule has 0 rings (SSSR count). The molecule has 0 saturated carbocycles. The van der Waals surface area contributed by atoms with E-state index in [1.54, 1.807) is 13.8 Å². The SMILES string of the molecule is C/C(CN(CC(=O)[O-])C/C(C)=N\O)=N/O.[K+]. The molecule has 86 valence electrons. The van der Waals surface area contributed by atoms with Gasteiger partial charge in [0.05, 0.1) is 17.4 Å². The summed E-state index contributed by atoms with van der Waals surface area (Å²) in [7, 11) is 0. The van der Waals surface area contributed by atoms with Gasteiger partial charge in [0.1, 0.15) is 0 Å². The average Bonchev–Trinajstić information content (AvgIpc) is 2.16. The zero-order chi connectivity index (χ0) is 11.8. The van der Waals surface area contributed by atoms with Crippen molar-refractivity contribution in [3.05, 3.63) is 0 Å². The third kappa shape index (κ3) is 9.25. The van der Waals surface area contributed by atoms with Gasteiger partial charge in [-0.05, 0) is 13.8 Å². The monoisotopic (exact) mass is 255 g/mol. The van der Waals surface area contributed by atoms with Crippen LogP contribution in [0.3, 0.4) is 0 Å². The van der Waals surface area contributed by atoms with Crippen molar-refractivity contribution in [3.8, 4) is 0 Å². The minimum absolute atomic E-state index is 0. The fraction of sp³-hybridized carbons (Fsp3) is 0.625. The molecule has 0 radical (unpaired) electrons. The first-order valence-electron chi connectivity index (χ1n) is 4.26. The van der Waals surface area contributed by atoms with Gasteiger partial charge in [-0.25, -0.2) is 0 Å². The summed E-state index contributed by atoms with van der Waals surface area (Å²) in [5.41, 5.74) is 0.726. The summed E-state index contributed by atoms with van der Waals surface area (Å²) < 4.78 is 0. The third-order valence-corrected chi connectivity index (χ3v) is 1.60. The summed E-state index contributed by atoms with van der Waals surface area (Å²) in [4.78, 5) is 11.8. The van der Waals surface area contributed by atoms with Gasteiger partial charge in [-0.15, -0.1) is 0 Å². The molecule has 0 saturated heterocycles. The van der Waals surface area contributed by atoms with Crippen LogP contribution in [-0.2, 0) is 4.79 Å². The Kier molecular flexibility index (Phi) is 11.7. The Morgan fingerprint density at radius 1 is 1.12 bits per heavy atom. The Balaban J connectivity index is 0. The molecule has 0 aromatic rings. The molecule has 0 unspecified atom stereocenters. The van der Waals surface area contributed by atoms with E-state index in [1.165, 1.54) is 4.90 Å². The molecule has 8 heteroatoms. The van der Waals surface area contributed by atoms with Crippen molar-refractivity contribution < 1.29 is 71.7 Å². The molecule has 0 atom stereocenters. The summed E-state index contributed by atoms with van der Waals surface area (Å²) in [6.45, 7) is 3.11. The zero-order valence-corrected chi connectivity index (χ0v) is 12.8. The standard InChI is InChI=1S/C8H15N3O4.K/c1-6(9-14)3-11(5-8(12)13)4-7(2)10-15;/h14-15H,3-5H2,1-2H3,(H,12,13);/q;+1/p-1/b9-6-,10-7-;. The molecule has 0 heterocycles. The second-order valence-electron chi connectivity index (χ2n) is 3.19. The van der Waals surface area contributed by atoms with Crippen molar-refractivity contribution in [1.82, 2.24) is 4.90 Å². The molecular formula is C8H14KN3O4. The van der Waals surface area contributed by atoms with Crippen molar-refractivity contribution in [1.29, 1.82) is 0 Å². The largest absolute Gasteiger partial charge is 1.00 e. The first-order chi connectivity index (χ1) is 6.99. The van der Waals surface area contributed by atoms with Crippen LogP contribution in [0.25, 0.3) is 0 Å². The molecule has 0 bridgehead atoms. The van der Waals surface area contributed by atoms with E-state index in [4.69, 9.17) is 10.4 Å². The second-order valence-corrected chi connectivity index (χ2v) is 3.19. The van der Waals surface area contributed by atoms with Crippen LogP contribution in [0.1, 0.15) is 13.8 Å². The van der Waals surface area contributed by atoms with Crippen LogP contribution in [-0.4, -0.2) is 52.3 Å².